The van der Waals surface area contributed by atoms with Gasteiger partial charge in [0.2, 0.25) is 15.9 Å². The summed E-state index contributed by atoms with van der Waals surface area (Å²) in [7, 11) is -3.93. The van der Waals surface area contributed by atoms with Gasteiger partial charge in [0.05, 0.1) is 14.9 Å². The van der Waals surface area contributed by atoms with E-state index in [2.05, 4.69) is 10.0 Å². The molecule has 5 nitrogen and oxygen atoms in total. The van der Waals surface area contributed by atoms with Gasteiger partial charge in [0.15, 0.2) is 0 Å². The normalized spacial score (nSPS) is 13.7. The first kappa shape index (κ1) is 24.0. The first-order valence-electron chi connectivity index (χ1n) is 9.03. The molecule has 0 bridgehead atoms. The SMILES string of the molecule is CSCC[C@H](NS(=O)(=O)c1ccc(Cl)c(Cl)c1)C(=O)NC[C@@H](C)c1ccccc1. The highest BCUT2D eigenvalue weighted by Gasteiger charge is 2.26. The topological polar surface area (TPSA) is 75.3 Å². The van der Waals surface area contributed by atoms with Gasteiger partial charge in [-0.15, -0.1) is 0 Å². The van der Waals surface area contributed by atoms with Gasteiger partial charge < -0.3 is 5.32 Å². The van der Waals surface area contributed by atoms with E-state index in [9.17, 15) is 13.2 Å². The van der Waals surface area contributed by atoms with E-state index in [1.165, 1.54) is 18.2 Å². The molecule has 0 aliphatic heterocycles. The summed E-state index contributed by atoms with van der Waals surface area (Å²) >= 11 is 13.3. The van der Waals surface area contributed by atoms with Gasteiger partial charge in [0.25, 0.3) is 0 Å². The van der Waals surface area contributed by atoms with Crippen molar-refractivity contribution in [3.63, 3.8) is 0 Å². The average molecular weight is 475 g/mol. The highest BCUT2D eigenvalue weighted by atomic mass is 35.5. The molecule has 2 atom stereocenters. The van der Waals surface area contributed by atoms with Crippen LogP contribution >= 0.6 is 35.0 Å². The zero-order valence-corrected chi connectivity index (χ0v) is 19.3. The molecule has 0 saturated carbocycles. The van der Waals surface area contributed by atoms with Crippen LogP contribution in [-0.4, -0.2) is 38.9 Å². The summed E-state index contributed by atoms with van der Waals surface area (Å²) in [6.07, 6.45) is 2.27. The zero-order chi connectivity index (χ0) is 21.4. The molecule has 2 aromatic carbocycles. The van der Waals surface area contributed by atoms with E-state index >= 15 is 0 Å². The lowest BCUT2D eigenvalue weighted by Gasteiger charge is -2.20. The highest BCUT2D eigenvalue weighted by molar-refractivity contribution is 7.98. The maximum atomic E-state index is 12.7. The lowest BCUT2D eigenvalue weighted by atomic mass is 10.0. The van der Waals surface area contributed by atoms with Crippen molar-refractivity contribution in [1.82, 2.24) is 10.0 Å². The fourth-order valence-corrected chi connectivity index (χ4v) is 4.74. The van der Waals surface area contributed by atoms with E-state index < -0.39 is 16.1 Å². The van der Waals surface area contributed by atoms with Crippen molar-refractivity contribution in [3.8, 4) is 0 Å². The third kappa shape index (κ3) is 7.19. The molecular formula is C20H24Cl2N2O3S2. The molecule has 2 rings (SSSR count). The van der Waals surface area contributed by atoms with Crippen LogP contribution in [0.15, 0.2) is 53.4 Å². The van der Waals surface area contributed by atoms with Gasteiger partial charge >= 0.3 is 0 Å². The highest BCUT2D eigenvalue weighted by Crippen LogP contribution is 2.25. The van der Waals surface area contributed by atoms with Crippen LogP contribution in [0.3, 0.4) is 0 Å². The van der Waals surface area contributed by atoms with Crippen LogP contribution in [0.2, 0.25) is 10.0 Å². The number of hydrogen-bond acceptors (Lipinski definition) is 4. The fraction of sp³-hybridized carbons (Fsp3) is 0.350. The van der Waals surface area contributed by atoms with Gasteiger partial charge in [-0.3, -0.25) is 4.79 Å². The Morgan fingerprint density at radius 3 is 2.41 bits per heavy atom. The minimum atomic E-state index is -3.93. The maximum Gasteiger partial charge on any atom is 0.241 e. The van der Waals surface area contributed by atoms with Crippen LogP contribution in [-0.2, 0) is 14.8 Å². The lowest BCUT2D eigenvalue weighted by Crippen LogP contribution is -2.47. The predicted molar refractivity (Wildman–Crippen MR) is 121 cm³/mol. The average Bonchev–Trinajstić information content (AvgIpc) is 2.71. The summed E-state index contributed by atoms with van der Waals surface area (Å²) in [4.78, 5) is 12.7. The van der Waals surface area contributed by atoms with Crippen molar-refractivity contribution < 1.29 is 13.2 Å². The Bertz CT molecular complexity index is 925. The molecule has 29 heavy (non-hydrogen) atoms. The predicted octanol–water partition coefficient (Wildman–Crippen LogP) is 4.31. The van der Waals surface area contributed by atoms with Crippen LogP contribution in [0.25, 0.3) is 0 Å². The number of halogens is 2. The largest absolute Gasteiger partial charge is 0.354 e. The molecule has 0 heterocycles. The molecule has 2 N–H and O–H groups in total. The van der Waals surface area contributed by atoms with Crippen LogP contribution in [0.5, 0.6) is 0 Å². The molecule has 0 aliphatic carbocycles. The lowest BCUT2D eigenvalue weighted by molar-refractivity contribution is -0.122. The van der Waals surface area contributed by atoms with Gasteiger partial charge in [-0.05, 0) is 48.1 Å². The summed E-state index contributed by atoms with van der Waals surface area (Å²) < 4.78 is 28.0. The first-order valence-corrected chi connectivity index (χ1v) is 12.7. The molecule has 0 saturated heterocycles. The van der Waals surface area contributed by atoms with Crippen molar-refractivity contribution in [3.05, 3.63) is 64.1 Å². The Balaban J connectivity index is 2.08. The van der Waals surface area contributed by atoms with E-state index in [0.717, 1.165) is 5.56 Å². The number of sulfonamides is 1. The minimum Gasteiger partial charge on any atom is -0.354 e. The summed E-state index contributed by atoms with van der Waals surface area (Å²) in [6.45, 7) is 2.42. The standard InChI is InChI=1S/C20H24Cl2N2O3S2/c1-14(15-6-4-3-5-7-15)13-23-20(25)19(10-11-28-2)24-29(26,27)16-8-9-17(21)18(22)12-16/h3-9,12,14,19,24H,10-11,13H2,1-2H3,(H,23,25)/t14-,19+/m1/s1. The van der Waals surface area contributed by atoms with Gasteiger partial charge in [0.1, 0.15) is 6.04 Å². The third-order valence-corrected chi connectivity index (χ3v) is 7.23. The molecule has 0 unspecified atom stereocenters. The minimum absolute atomic E-state index is 0.0356. The smallest absolute Gasteiger partial charge is 0.241 e. The Morgan fingerprint density at radius 1 is 1.10 bits per heavy atom. The molecule has 0 fully saturated rings. The van der Waals surface area contributed by atoms with E-state index in [4.69, 9.17) is 23.2 Å². The zero-order valence-electron chi connectivity index (χ0n) is 16.2. The van der Waals surface area contributed by atoms with Gasteiger partial charge in [0, 0.05) is 6.54 Å². The monoisotopic (exact) mass is 474 g/mol. The van der Waals surface area contributed by atoms with Crippen molar-refractivity contribution in [2.75, 3.05) is 18.6 Å². The van der Waals surface area contributed by atoms with Crippen molar-refractivity contribution in [2.24, 2.45) is 0 Å². The summed E-state index contributed by atoms with van der Waals surface area (Å²) in [6, 6.07) is 13.0. The van der Waals surface area contributed by atoms with Crippen LogP contribution in [0.1, 0.15) is 24.8 Å². The third-order valence-electron chi connectivity index (χ3n) is 4.38. The summed E-state index contributed by atoms with van der Waals surface area (Å²) in [5.74, 6) is 0.384. The number of hydrogen-bond donors (Lipinski definition) is 2. The molecule has 2 aromatic rings. The summed E-state index contributed by atoms with van der Waals surface area (Å²) in [5.41, 5.74) is 1.10. The first-order chi connectivity index (χ1) is 13.7. The van der Waals surface area contributed by atoms with Gasteiger partial charge in [-0.25, -0.2) is 8.42 Å². The second-order valence-corrected chi connectivity index (χ2v) is 10.1. The van der Waals surface area contributed by atoms with E-state index in [1.807, 2.05) is 43.5 Å². The Morgan fingerprint density at radius 2 is 1.79 bits per heavy atom. The van der Waals surface area contributed by atoms with Crippen LogP contribution in [0, 0.1) is 0 Å². The number of rotatable bonds is 10. The molecule has 158 valence electrons. The fourth-order valence-electron chi connectivity index (χ4n) is 2.65. The molecule has 0 radical (unpaired) electrons. The molecule has 0 spiro atoms. The number of thioether (sulfide) groups is 1. The van der Waals surface area contributed by atoms with Gasteiger partial charge in [-0.2, -0.15) is 16.5 Å². The van der Waals surface area contributed by atoms with Crippen molar-refractivity contribution in [1.29, 1.82) is 0 Å². The number of nitrogens with one attached hydrogen (secondary N) is 2. The summed E-state index contributed by atoms with van der Waals surface area (Å²) in [5, 5.41) is 3.26. The Kier molecular flexibility index (Phi) is 9.30. The number of carbonyl (C=O) groups is 1. The Labute approximate surface area is 186 Å². The quantitative estimate of drug-likeness (QED) is 0.537. The van der Waals surface area contributed by atoms with Crippen molar-refractivity contribution in [2.45, 2.75) is 30.2 Å². The maximum absolute atomic E-state index is 12.7. The molecule has 9 heteroatoms. The Hall–Kier alpha value is -1.25. The van der Waals surface area contributed by atoms with Gasteiger partial charge in [-0.1, -0.05) is 60.5 Å². The van der Waals surface area contributed by atoms with Crippen LogP contribution in [0.4, 0.5) is 0 Å². The molecular weight excluding hydrogens is 451 g/mol. The second kappa shape index (κ2) is 11.2. The van der Waals surface area contributed by atoms with E-state index in [1.54, 1.807) is 11.8 Å². The number of amides is 1. The van der Waals surface area contributed by atoms with E-state index in [0.29, 0.717) is 18.7 Å². The number of carbonyl (C=O) groups excluding carboxylic acids is 1. The van der Waals surface area contributed by atoms with Crippen LogP contribution < -0.4 is 10.0 Å². The van der Waals surface area contributed by atoms with E-state index in [-0.39, 0.29) is 26.8 Å². The second-order valence-electron chi connectivity index (χ2n) is 6.59. The molecule has 1 amide bonds. The molecule has 0 aromatic heterocycles. The number of benzene rings is 2. The van der Waals surface area contributed by atoms with Crippen molar-refractivity contribution >= 4 is 50.9 Å². The molecule has 0 aliphatic rings.